The van der Waals surface area contributed by atoms with E-state index in [-0.39, 0.29) is 0 Å². The fraction of sp³-hybridized carbons (Fsp3) is 0.467. The first-order valence-electron chi connectivity index (χ1n) is 12.7. The van der Waals surface area contributed by atoms with Crippen molar-refractivity contribution in [2.24, 2.45) is 0 Å². The second kappa shape index (κ2) is 13.7. The molecule has 0 atom stereocenters. The van der Waals surface area contributed by atoms with Gasteiger partial charge in [0, 0.05) is 0 Å². The van der Waals surface area contributed by atoms with Gasteiger partial charge in [0.1, 0.15) is 23.2 Å². The summed E-state index contributed by atoms with van der Waals surface area (Å²) < 4.78 is 0. The SMILES string of the molecule is CCCCCCCCCCC[P+](C1=CCCCC=C1)(c1ccccc1)c1ccccc1. The molecule has 1 heteroatoms. The summed E-state index contributed by atoms with van der Waals surface area (Å²) in [6.45, 7) is 2.30. The molecule has 2 aromatic carbocycles. The van der Waals surface area contributed by atoms with Crippen molar-refractivity contribution in [3.63, 3.8) is 0 Å². The summed E-state index contributed by atoms with van der Waals surface area (Å²) in [6.07, 6.45) is 25.0. The molecular weight excluding hydrogens is 391 g/mol. The van der Waals surface area contributed by atoms with E-state index in [9.17, 15) is 0 Å². The van der Waals surface area contributed by atoms with Crippen molar-refractivity contribution < 1.29 is 0 Å². The molecule has 0 aliphatic heterocycles. The monoisotopic (exact) mass is 433 g/mol. The van der Waals surface area contributed by atoms with Gasteiger partial charge in [0.05, 0.1) is 6.16 Å². The molecule has 1 aliphatic rings. The van der Waals surface area contributed by atoms with Crippen LogP contribution in [-0.4, -0.2) is 6.16 Å². The topological polar surface area (TPSA) is 0 Å². The van der Waals surface area contributed by atoms with E-state index in [1.165, 1.54) is 83.2 Å². The van der Waals surface area contributed by atoms with Gasteiger partial charge in [-0.2, -0.15) is 0 Å². The van der Waals surface area contributed by atoms with Crippen LogP contribution in [-0.2, 0) is 0 Å². The number of rotatable bonds is 13. The van der Waals surface area contributed by atoms with Crippen LogP contribution >= 0.6 is 7.26 Å². The highest BCUT2D eigenvalue weighted by Crippen LogP contribution is 2.65. The molecule has 0 heterocycles. The van der Waals surface area contributed by atoms with Gasteiger partial charge in [-0.15, -0.1) is 0 Å². The smallest absolute Gasteiger partial charge is 0.0806 e. The highest BCUT2D eigenvalue weighted by atomic mass is 31.2. The van der Waals surface area contributed by atoms with Crippen LogP contribution in [0.4, 0.5) is 0 Å². The molecule has 3 rings (SSSR count). The summed E-state index contributed by atoms with van der Waals surface area (Å²) in [7, 11) is -1.60. The highest BCUT2D eigenvalue weighted by Gasteiger charge is 2.45. The average molecular weight is 434 g/mol. The van der Waals surface area contributed by atoms with Crippen LogP contribution in [0.25, 0.3) is 0 Å². The number of hydrogen-bond acceptors (Lipinski definition) is 0. The lowest BCUT2D eigenvalue weighted by atomic mass is 10.1. The molecule has 166 valence electrons. The molecule has 1 aliphatic carbocycles. The van der Waals surface area contributed by atoms with Crippen molar-refractivity contribution in [3.8, 4) is 0 Å². The molecule has 31 heavy (non-hydrogen) atoms. The Bertz CT molecular complexity index is 748. The molecular formula is C30H42P+. The lowest BCUT2D eigenvalue weighted by Gasteiger charge is -2.28. The molecule has 0 radical (unpaired) electrons. The number of benzene rings is 2. The molecule has 0 unspecified atom stereocenters. The quantitative estimate of drug-likeness (QED) is 0.219. The largest absolute Gasteiger partial charge is 0.111 e. The fourth-order valence-corrected chi connectivity index (χ4v) is 9.43. The van der Waals surface area contributed by atoms with E-state index in [1.54, 1.807) is 15.9 Å². The van der Waals surface area contributed by atoms with Gasteiger partial charge in [0.15, 0.2) is 0 Å². The van der Waals surface area contributed by atoms with Crippen molar-refractivity contribution >= 4 is 17.9 Å². The van der Waals surface area contributed by atoms with Crippen LogP contribution in [0.15, 0.2) is 84.2 Å². The minimum Gasteiger partial charge on any atom is -0.0806 e. The van der Waals surface area contributed by atoms with E-state index in [0.717, 1.165) is 0 Å². The molecule has 0 aromatic heterocycles. The Morgan fingerprint density at radius 1 is 0.645 bits per heavy atom. The van der Waals surface area contributed by atoms with Crippen molar-refractivity contribution in [1.82, 2.24) is 0 Å². The fourth-order valence-electron chi connectivity index (χ4n) is 4.90. The molecule has 0 N–H and O–H groups in total. The lowest BCUT2D eigenvalue weighted by molar-refractivity contribution is 0.573. The van der Waals surface area contributed by atoms with Crippen LogP contribution in [0.2, 0.25) is 0 Å². The molecule has 0 spiro atoms. The van der Waals surface area contributed by atoms with Gasteiger partial charge in [-0.05, 0) is 68.5 Å². The third kappa shape index (κ3) is 6.92. The van der Waals surface area contributed by atoms with Gasteiger partial charge in [0.2, 0.25) is 0 Å². The van der Waals surface area contributed by atoms with Crippen LogP contribution in [0.5, 0.6) is 0 Å². The Morgan fingerprint density at radius 3 is 1.77 bits per heavy atom. The summed E-state index contributed by atoms with van der Waals surface area (Å²) in [4.78, 5) is 0. The van der Waals surface area contributed by atoms with Crippen molar-refractivity contribution in [2.45, 2.75) is 84.0 Å². The van der Waals surface area contributed by atoms with E-state index in [4.69, 9.17) is 0 Å². The second-order valence-electron chi connectivity index (χ2n) is 9.00. The number of hydrogen-bond donors (Lipinski definition) is 0. The zero-order valence-electron chi connectivity index (χ0n) is 19.6. The molecule has 2 aromatic rings. The second-order valence-corrected chi connectivity index (χ2v) is 12.6. The Morgan fingerprint density at radius 2 is 1.19 bits per heavy atom. The molecule has 0 saturated carbocycles. The Balaban J connectivity index is 1.78. The highest BCUT2D eigenvalue weighted by molar-refractivity contribution is 7.93. The van der Waals surface area contributed by atoms with E-state index in [1.807, 2.05) is 0 Å². The van der Waals surface area contributed by atoms with Gasteiger partial charge >= 0.3 is 0 Å². The standard InChI is InChI=1S/C30H42P/c1-2-3-4-5-6-7-8-11-20-27-31(29-23-16-12-17-24-29,30-25-18-13-19-26-30)28-21-14-9-10-15-22-28/h12-14,16-19,21-26H,2-11,15,20,27H2,1H3/q+1. The predicted octanol–water partition coefficient (Wildman–Crippen LogP) is 8.81. The Hall–Kier alpha value is -1.65. The van der Waals surface area contributed by atoms with Crippen molar-refractivity contribution in [2.75, 3.05) is 6.16 Å². The molecule has 0 amide bonds. The van der Waals surface area contributed by atoms with E-state index in [2.05, 4.69) is 85.8 Å². The first-order valence-corrected chi connectivity index (χ1v) is 14.7. The van der Waals surface area contributed by atoms with Gasteiger partial charge in [-0.25, -0.2) is 0 Å². The van der Waals surface area contributed by atoms with E-state index < -0.39 is 7.26 Å². The van der Waals surface area contributed by atoms with Crippen molar-refractivity contribution in [3.05, 3.63) is 84.2 Å². The van der Waals surface area contributed by atoms with Gasteiger partial charge in [0.25, 0.3) is 0 Å². The van der Waals surface area contributed by atoms with Crippen LogP contribution in [0, 0.1) is 0 Å². The number of unbranched alkanes of at least 4 members (excludes halogenated alkanes) is 8. The third-order valence-electron chi connectivity index (χ3n) is 6.65. The van der Waals surface area contributed by atoms with Gasteiger partial charge in [-0.3, -0.25) is 0 Å². The maximum atomic E-state index is 2.57. The normalized spacial score (nSPS) is 14.3. The maximum absolute atomic E-state index is 2.57. The van der Waals surface area contributed by atoms with E-state index in [0.29, 0.717) is 0 Å². The summed E-state index contributed by atoms with van der Waals surface area (Å²) in [5.41, 5.74) is 0. The maximum Gasteiger partial charge on any atom is 0.111 e. The minimum atomic E-state index is -1.60. The van der Waals surface area contributed by atoms with Gasteiger partial charge < -0.3 is 0 Å². The Kier molecular flexibility index (Phi) is 10.6. The van der Waals surface area contributed by atoms with Crippen LogP contribution in [0.1, 0.15) is 84.0 Å². The number of allylic oxidation sites excluding steroid dienone is 4. The molecule has 0 fully saturated rings. The summed E-state index contributed by atoms with van der Waals surface area (Å²) in [6, 6.07) is 22.9. The zero-order valence-corrected chi connectivity index (χ0v) is 20.5. The average Bonchev–Trinajstić information content (AvgIpc) is 3.12. The summed E-state index contributed by atoms with van der Waals surface area (Å²) >= 11 is 0. The molecule has 0 bridgehead atoms. The lowest BCUT2D eigenvalue weighted by Crippen LogP contribution is -2.26. The summed E-state index contributed by atoms with van der Waals surface area (Å²) in [5, 5.41) is 4.72. The van der Waals surface area contributed by atoms with Gasteiger partial charge in [-0.1, -0.05) is 94.3 Å². The van der Waals surface area contributed by atoms with E-state index >= 15 is 0 Å². The predicted molar refractivity (Wildman–Crippen MR) is 142 cm³/mol. The Labute approximate surface area is 192 Å². The molecule has 0 nitrogen and oxygen atoms in total. The zero-order chi connectivity index (χ0) is 21.6. The van der Waals surface area contributed by atoms with Crippen molar-refractivity contribution in [1.29, 1.82) is 0 Å². The minimum absolute atomic E-state index is 1.21. The third-order valence-corrected chi connectivity index (χ3v) is 11.2. The first kappa shape index (κ1) is 24.0. The van der Waals surface area contributed by atoms with Crippen LogP contribution < -0.4 is 10.6 Å². The summed E-state index contributed by atoms with van der Waals surface area (Å²) in [5.74, 6) is 0. The molecule has 0 saturated heterocycles. The van der Waals surface area contributed by atoms with Crippen LogP contribution in [0.3, 0.4) is 0 Å². The first-order chi connectivity index (χ1) is 15.4.